The number of rotatable bonds is 15. The van der Waals surface area contributed by atoms with Gasteiger partial charge in [0.2, 0.25) is 59.1 Å². The van der Waals surface area contributed by atoms with Gasteiger partial charge in [-0.05, 0) is 68.3 Å². The molecular formula is C50H70N12O12S. The van der Waals surface area contributed by atoms with Crippen LogP contribution in [0, 0.1) is 11.8 Å². The van der Waals surface area contributed by atoms with Crippen LogP contribution >= 0.6 is 11.8 Å². The van der Waals surface area contributed by atoms with Crippen molar-refractivity contribution in [1.29, 1.82) is 0 Å². The van der Waals surface area contributed by atoms with E-state index in [1.54, 1.807) is 58.2 Å². The number of nitrogens with zero attached hydrogens (tertiary/aromatic N) is 1. The lowest BCUT2D eigenvalue weighted by molar-refractivity contribution is -0.144. The molecule has 25 heteroatoms. The number of hydrogen-bond acceptors (Lipinski definition) is 14. The van der Waals surface area contributed by atoms with Gasteiger partial charge in [-0.25, -0.2) is 0 Å². The standard InChI is InChI=1S/C50H70N12O12S/c1-7-26(2)42-47(72)55-22-39(66)53-23-40(67)57-35(20-38(65)52-21-29-14-16-30(17-15-29)56-44(69)28(4)51-5)50(74)62-18-10-13-36(62)46(71)61-43(27(3)37(64)25-63)48(73)58-34(45(70)54-24-41(68)60-42)19-32-31-11-8-9-12-33(31)59-49(32)75-6/h8-9,11-12,14-17,26-28,34-37,42-43,51,59,63-64H,7,10,13,18-25H2,1-6H3,(H,52,65)(H,53,66)(H,54,70)(H,55,72)(H,56,69)(H,57,67)(H,58,73)(H,60,68)(H,61,71)/t26-,27-,28-,34+,35-,36-,37-,42-,43-/m0/s1. The molecule has 0 radical (unpaired) electrons. The summed E-state index contributed by atoms with van der Waals surface area (Å²) in [6.07, 6.45) is 0.262. The van der Waals surface area contributed by atoms with Crippen molar-refractivity contribution in [1.82, 2.24) is 57.7 Å². The highest BCUT2D eigenvalue weighted by molar-refractivity contribution is 7.98. The third-order valence-electron chi connectivity index (χ3n) is 13.4. The van der Waals surface area contributed by atoms with Crippen molar-refractivity contribution in [2.75, 3.05) is 51.4 Å². The highest BCUT2D eigenvalue weighted by Gasteiger charge is 2.42. The van der Waals surface area contributed by atoms with E-state index in [2.05, 4.69) is 58.2 Å². The van der Waals surface area contributed by atoms with E-state index in [0.29, 0.717) is 28.3 Å². The van der Waals surface area contributed by atoms with E-state index in [9.17, 15) is 58.2 Å². The van der Waals surface area contributed by atoms with Gasteiger partial charge in [-0.15, -0.1) is 11.8 Å². The van der Waals surface area contributed by atoms with Gasteiger partial charge in [-0.1, -0.05) is 57.5 Å². The number of likely N-dealkylation sites (N-methyl/N-ethyl adjacent to an activating group) is 1. The molecule has 2 saturated heterocycles. The van der Waals surface area contributed by atoms with Gasteiger partial charge in [0.15, 0.2) is 0 Å². The number of carbonyl (C=O) groups is 10. The van der Waals surface area contributed by atoms with Gasteiger partial charge in [-0.2, -0.15) is 0 Å². The van der Waals surface area contributed by atoms with Crippen molar-refractivity contribution in [3.63, 3.8) is 0 Å². The molecule has 408 valence electrons. The minimum absolute atomic E-state index is 0.0150. The number of thioether (sulfide) groups is 1. The van der Waals surface area contributed by atoms with E-state index in [1.165, 1.54) is 18.7 Å². The number of anilines is 1. The molecule has 75 heavy (non-hydrogen) atoms. The lowest BCUT2D eigenvalue weighted by Gasteiger charge is -2.32. The van der Waals surface area contributed by atoms with E-state index in [-0.39, 0.29) is 38.3 Å². The normalized spacial score (nSPS) is 22.6. The van der Waals surface area contributed by atoms with E-state index in [1.807, 2.05) is 24.5 Å². The van der Waals surface area contributed by atoms with Crippen molar-refractivity contribution in [2.45, 2.75) is 114 Å². The van der Waals surface area contributed by atoms with Crippen molar-refractivity contribution in [3.8, 4) is 0 Å². The van der Waals surface area contributed by atoms with E-state index < -0.39 is 140 Å². The summed E-state index contributed by atoms with van der Waals surface area (Å²) in [5, 5.41) is 48.4. The van der Waals surface area contributed by atoms with Crippen molar-refractivity contribution in [2.24, 2.45) is 11.8 Å². The van der Waals surface area contributed by atoms with E-state index in [4.69, 9.17) is 0 Å². The predicted molar refractivity (Wildman–Crippen MR) is 277 cm³/mol. The molecule has 2 aromatic carbocycles. The maximum absolute atomic E-state index is 14.6. The Labute approximate surface area is 438 Å². The van der Waals surface area contributed by atoms with Crippen molar-refractivity contribution < 1.29 is 58.2 Å². The maximum atomic E-state index is 14.6. The number of aliphatic hydroxyl groups is 2. The maximum Gasteiger partial charge on any atom is 0.246 e. The predicted octanol–water partition coefficient (Wildman–Crippen LogP) is -1.99. The van der Waals surface area contributed by atoms with Gasteiger partial charge < -0.3 is 73.3 Å². The summed E-state index contributed by atoms with van der Waals surface area (Å²) in [5.41, 5.74) is 2.53. The average Bonchev–Trinajstić information content (AvgIpc) is 4.05. The molecule has 2 aliphatic rings. The van der Waals surface area contributed by atoms with Gasteiger partial charge in [0.1, 0.15) is 30.2 Å². The summed E-state index contributed by atoms with van der Waals surface area (Å²) >= 11 is 1.36. The van der Waals surface area contributed by atoms with Gasteiger partial charge in [-0.3, -0.25) is 47.9 Å². The van der Waals surface area contributed by atoms with Crippen LogP contribution < -0.4 is 53.2 Å². The van der Waals surface area contributed by atoms with Crippen LogP contribution in [0.15, 0.2) is 53.6 Å². The zero-order valence-corrected chi connectivity index (χ0v) is 43.7. The zero-order valence-electron chi connectivity index (χ0n) is 42.9. The number of aliphatic hydroxyl groups excluding tert-OH is 2. The van der Waals surface area contributed by atoms with Crippen LogP contribution in [-0.4, -0.2) is 168 Å². The molecule has 0 spiro atoms. The molecule has 3 aromatic rings. The van der Waals surface area contributed by atoms with Crippen LogP contribution in [0.2, 0.25) is 0 Å². The van der Waals surface area contributed by atoms with Crippen molar-refractivity contribution >= 4 is 87.4 Å². The van der Waals surface area contributed by atoms with Crippen molar-refractivity contribution in [3.05, 3.63) is 59.7 Å². The lowest BCUT2D eigenvalue weighted by Crippen LogP contribution is -2.61. The van der Waals surface area contributed by atoms with Gasteiger partial charge in [0.25, 0.3) is 0 Å². The Bertz CT molecular complexity index is 2560. The number of amides is 10. The molecule has 5 rings (SSSR count). The van der Waals surface area contributed by atoms with Crippen LogP contribution in [0.25, 0.3) is 10.9 Å². The van der Waals surface area contributed by atoms with Crippen LogP contribution in [0.4, 0.5) is 5.69 Å². The Morgan fingerprint density at radius 2 is 1.45 bits per heavy atom. The van der Waals surface area contributed by atoms with E-state index in [0.717, 1.165) is 15.8 Å². The fourth-order valence-corrected chi connectivity index (χ4v) is 9.18. The minimum Gasteiger partial charge on any atom is -0.394 e. The van der Waals surface area contributed by atoms with E-state index >= 15 is 0 Å². The molecule has 0 aliphatic carbocycles. The molecule has 24 nitrogen and oxygen atoms in total. The van der Waals surface area contributed by atoms with Crippen LogP contribution in [-0.2, 0) is 60.9 Å². The average molecular weight is 1060 g/mol. The Hall–Kier alpha value is -7.09. The first kappa shape index (κ1) is 58.8. The second kappa shape index (κ2) is 28.0. The number of H-pyrrole nitrogens is 1. The number of hydrogen-bond donors (Lipinski definition) is 13. The molecule has 3 heterocycles. The number of carbonyl (C=O) groups excluding carboxylic acids is 10. The first-order valence-corrected chi connectivity index (χ1v) is 26.1. The molecule has 0 saturated carbocycles. The lowest BCUT2D eigenvalue weighted by atomic mass is 9.94. The first-order valence-electron chi connectivity index (χ1n) is 24.9. The number of aromatic amines is 1. The fraction of sp³-hybridized carbons (Fsp3) is 0.520. The SMILES string of the molecule is CC[C@H](C)[C@@H]1NC(=O)CNC(=O)[C@@H](Cc2c(SC)[nH]c3ccccc23)NC(=O)[C@H]([C@@H](C)[C@@H](O)CO)NC(=O)[C@@H]2CCCN2C(=O)[C@H](CC(=O)NCc2ccc(NC(=O)[C@H](C)NC)cc2)NC(=O)CNC(=O)CNC1=O. The molecule has 10 amide bonds. The Morgan fingerprint density at radius 1 is 0.787 bits per heavy atom. The van der Waals surface area contributed by atoms with Gasteiger partial charge in [0.05, 0.1) is 49.8 Å². The smallest absolute Gasteiger partial charge is 0.246 e. The summed E-state index contributed by atoms with van der Waals surface area (Å²) in [4.78, 5) is 141. The summed E-state index contributed by atoms with van der Waals surface area (Å²) in [6, 6.07) is 6.38. The molecule has 9 atom stereocenters. The third-order valence-corrected chi connectivity index (χ3v) is 14.2. The van der Waals surface area contributed by atoms with Crippen LogP contribution in [0.3, 0.4) is 0 Å². The van der Waals surface area contributed by atoms with Gasteiger partial charge in [0, 0.05) is 42.0 Å². The van der Waals surface area contributed by atoms with Crippen LogP contribution in [0.1, 0.15) is 64.5 Å². The molecule has 0 unspecified atom stereocenters. The summed E-state index contributed by atoms with van der Waals surface area (Å²) in [6.45, 7) is 3.75. The molecular weight excluding hydrogens is 993 g/mol. The molecule has 2 fully saturated rings. The largest absolute Gasteiger partial charge is 0.394 e. The number of nitrogens with one attached hydrogen (secondary N) is 11. The second-order valence-corrected chi connectivity index (χ2v) is 19.5. The monoisotopic (exact) mass is 1060 g/mol. The second-order valence-electron chi connectivity index (χ2n) is 18.7. The quantitative estimate of drug-likeness (QED) is 0.0734. The highest BCUT2D eigenvalue weighted by Crippen LogP contribution is 2.30. The van der Waals surface area contributed by atoms with Gasteiger partial charge >= 0.3 is 0 Å². The number of fused-ring (bicyclic) bond motifs is 2. The fourth-order valence-electron chi connectivity index (χ4n) is 8.53. The zero-order chi connectivity index (χ0) is 54.9. The summed E-state index contributed by atoms with van der Waals surface area (Å²) in [7, 11) is 1.65. The summed E-state index contributed by atoms with van der Waals surface area (Å²) in [5.74, 6) is -9.30. The highest BCUT2D eigenvalue weighted by atomic mass is 32.2. The topological polar surface area (TPSA) is 350 Å². The molecule has 1 aromatic heterocycles. The molecule has 2 aliphatic heterocycles. The number of para-hydroxylation sites is 1. The third kappa shape index (κ3) is 16.2. The Balaban J connectivity index is 1.46. The Kier molecular flexibility index (Phi) is 21.9. The first-order chi connectivity index (χ1) is 35.8. The molecule has 0 bridgehead atoms. The molecule has 13 N–H and O–H groups in total. The number of aromatic nitrogens is 1. The summed E-state index contributed by atoms with van der Waals surface area (Å²) < 4.78 is 0. The van der Waals surface area contributed by atoms with Crippen LogP contribution in [0.5, 0.6) is 0 Å². The Morgan fingerprint density at radius 3 is 2.13 bits per heavy atom. The number of benzene rings is 2. The minimum atomic E-state index is -1.63.